The molecule has 0 rings (SSSR count). The summed E-state index contributed by atoms with van der Waals surface area (Å²) in [7, 11) is 0. The lowest BCUT2D eigenvalue weighted by Gasteiger charge is -2.17. The smallest absolute Gasteiger partial charge is 0.322 e. The molecule has 89 valence electrons. The first-order valence-corrected chi connectivity index (χ1v) is 5.48. The normalized spacial score (nSPS) is 15.5. The minimum absolute atomic E-state index is 0.141. The summed E-state index contributed by atoms with van der Waals surface area (Å²) < 4.78 is 4.98. The molecule has 0 heterocycles. The lowest BCUT2D eigenvalue weighted by Crippen LogP contribution is -2.36. The van der Waals surface area contributed by atoms with Gasteiger partial charge in [-0.15, -0.1) is 0 Å². The summed E-state index contributed by atoms with van der Waals surface area (Å²) in [6.07, 6.45) is 0.628. The Labute approximate surface area is 92.3 Å². The third kappa shape index (κ3) is 6.47. The maximum Gasteiger partial charge on any atom is 0.322 e. The Morgan fingerprint density at radius 3 is 2.27 bits per heavy atom. The van der Waals surface area contributed by atoms with Crippen molar-refractivity contribution in [3.8, 4) is 0 Å². The summed E-state index contributed by atoms with van der Waals surface area (Å²) in [5.74, 6) is 0.185. The van der Waals surface area contributed by atoms with Crippen LogP contribution in [0.25, 0.3) is 0 Å². The van der Waals surface area contributed by atoms with Crippen LogP contribution in [0.4, 0.5) is 0 Å². The van der Waals surface area contributed by atoms with E-state index < -0.39 is 6.04 Å². The van der Waals surface area contributed by atoms with E-state index in [1.54, 1.807) is 0 Å². The van der Waals surface area contributed by atoms with Crippen LogP contribution in [0, 0.1) is 11.8 Å². The Bertz CT molecular complexity index is 193. The number of hydrogen-bond donors (Lipinski definition) is 1. The van der Waals surface area contributed by atoms with Crippen molar-refractivity contribution in [1.82, 2.24) is 5.73 Å². The maximum atomic E-state index is 11.4. The first kappa shape index (κ1) is 14.4. The monoisotopic (exact) mass is 215 g/mol. The van der Waals surface area contributed by atoms with Gasteiger partial charge in [-0.3, -0.25) is 10.5 Å². The van der Waals surface area contributed by atoms with Gasteiger partial charge in [0.15, 0.2) is 0 Å². The first-order valence-electron chi connectivity index (χ1n) is 5.48. The third-order valence-electron chi connectivity index (χ3n) is 2.24. The van der Waals surface area contributed by atoms with E-state index in [2.05, 4.69) is 0 Å². The molecule has 1 radical (unpaired) electrons. The standard InChI is InChI=1S/C11H23N2O2/c1-7(2)5-9(12)11(14)15-6-10(13)8(3)4/h7-10,13H,5-6,12H2,1-4H3/t9-,10-/m0/s1. The molecule has 0 aliphatic carbocycles. The molecule has 0 fully saturated rings. The van der Waals surface area contributed by atoms with Crippen molar-refractivity contribution in [2.24, 2.45) is 17.6 Å². The van der Waals surface area contributed by atoms with Crippen molar-refractivity contribution in [3.05, 3.63) is 0 Å². The van der Waals surface area contributed by atoms with Gasteiger partial charge in [0.1, 0.15) is 12.6 Å². The number of esters is 1. The molecule has 2 atom stereocenters. The average molecular weight is 215 g/mol. The molecule has 15 heavy (non-hydrogen) atoms. The fourth-order valence-corrected chi connectivity index (χ4v) is 1.08. The van der Waals surface area contributed by atoms with E-state index in [0.29, 0.717) is 12.3 Å². The van der Waals surface area contributed by atoms with Crippen LogP contribution in [0.5, 0.6) is 0 Å². The molecule has 4 nitrogen and oxygen atoms in total. The highest BCUT2D eigenvalue weighted by Crippen LogP contribution is 2.05. The highest BCUT2D eigenvalue weighted by molar-refractivity contribution is 5.75. The minimum atomic E-state index is -0.552. The molecule has 0 bridgehead atoms. The fourth-order valence-electron chi connectivity index (χ4n) is 1.08. The van der Waals surface area contributed by atoms with Gasteiger partial charge in [0, 0.05) is 0 Å². The molecule has 0 aliphatic heterocycles. The van der Waals surface area contributed by atoms with Gasteiger partial charge in [-0.25, -0.2) is 0 Å². The average Bonchev–Trinajstić information content (AvgIpc) is 2.12. The van der Waals surface area contributed by atoms with E-state index in [0.717, 1.165) is 0 Å². The Balaban J connectivity index is 3.83. The maximum absolute atomic E-state index is 11.4. The van der Waals surface area contributed by atoms with Crippen LogP contribution in [0.15, 0.2) is 0 Å². The molecule has 4 heteroatoms. The Morgan fingerprint density at radius 2 is 1.87 bits per heavy atom. The van der Waals surface area contributed by atoms with E-state index in [-0.39, 0.29) is 24.5 Å². The van der Waals surface area contributed by atoms with Crippen LogP contribution in [-0.4, -0.2) is 24.7 Å². The van der Waals surface area contributed by atoms with E-state index in [1.165, 1.54) is 0 Å². The van der Waals surface area contributed by atoms with E-state index in [9.17, 15) is 4.79 Å². The van der Waals surface area contributed by atoms with Crippen molar-refractivity contribution in [2.45, 2.75) is 46.2 Å². The SMILES string of the molecule is CC(C)C[C@H](N)C(=O)OC[C@H]([NH])C(C)C. The van der Waals surface area contributed by atoms with Gasteiger partial charge in [-0.1, -0.05) is 27.7 Å². The zero-order chi connectivity index (χ0) is 12.0. The summed E-state index contributed by atoms with van der Waals surface area (Å²) >= 11 is 0. The van der Waals surface area contributed by atoms with Gasteiger partial charge in [-0.2, -0.15) is 0 Å². The molecule has 0 aromatic carbocycles. The van der Waals surface area contributed by atoms with E-state index >= 15 is 0 Å². The van der Waals surface area contributed by atoms with Gasteiger partial charge in [0.2, 0.25) is 0 Å². The number of rotatable bonds is 6. The van der Waals surface area contributed by atoms with Crippen molar-refractivity contribution < 1.29 is 9.53 Å². The van der Waals surface area contributed by atoms with Gasteiger partial charge < -0.3 is 10.5 Å². The van der Waals surface area contributed by atoms with Crippen molar-refractivity contribution >= 4 is 5.97 Å². The summed E-state index contributed by atoms with van der Waals surface area (Å²) in [6, 6.07) is -0.912. The van der Waals surface area contributed by atoms with Crippen LogP contribution in [0.1, 0.15) is 34.1 Å². The molecular formula is C11H23N2O2. The van der Waals surface area contributed by atoms with E-state index in [4.69, 9.17) is 16.2 Å². The summed E-state index contributed by atoms with van der Waals surface area (Å²) in [5, 5.41) is 0. The minimum Gasteiger partial charge on any atom is -0.463 e. The van der Waals surface area contributed by atoms with Gasteiger partial charge >= 0.3 is 5.97 Å². The lowest BCUT2D eigenvalue weighted by atomic mass is 10.0. The Hall–Kier alpha value is -0.610. The molecule has 3 N–H and O–H groups in total. The first-order chi connectivity index (χ1) is 6.84. The number of carbonyl (C=O) groups excluding carboxylic acids is 1. The quantitative estimate of drug-likeness (QED) is 0.677. The second-order valence-corrected chi connectivity index (χ2v) is 4.72. The Kier molecular flexibility index (Phi) is 6.52. The largest absolute Gasteiger partial charge is 0.463 e. The molecule has 0 unspecified atom stereocenters. The summed E-state index contributed by atoms with van der Waals surface area (Å²) in [6.45, 7) is 8.02. The molecule has 0 aromatic rings. The fraction of sp³-hybridized carbons (Fsp3) is 0.909. The Morgan fingerprint density at radius 1 is 1.33 bits per heavy atom. The van der Waals surface area contributed by atoms with Crippen LogP contribution >= 0.6 is 0 Å². The van der Waals surface area contributed by atoms with Crippen molar-refractivity contribution in [2.75, 3.05) is 6.61 Å². The predicted molar refractivity (Wildman–Crippen MR) is 60.1 cm³/mol. The van der Waals surface area contributed by atoms with Crippen molar-refractivity contribution in [1.29, 1.82) is 0 Å². The van der Waals surface area contributed by atoms with Crippen LogP contribution < -0.4 is 11.5 Å². The van der Waals surface area contributed by atoms with Gasteiger partial charge in [0.25, 0.3) is 0 Å². The van der Waals surface area contributed by atoms with Crippen LogP contribution in [-0.2, 0) is 9.53 Å². The summed E-state index contributed by atoms with van der Waals surface area (Å²) in [5.41, 5.74) is 13.2. The number of nitrogens with one attached hydrogen (secondary N) is 1. The molecule has 0 saturated carbocycles. The summed E-state index contributed by atoms with van der Waals surface area (Å²) in [4.78, 5) is 11.4. The molecular weight excluding hydrogens is 192 g/mol. The zero-order valence-electron chi connectivity index (χ0n) is 10.1. The predicted octanol–water partition coefficient (Wildman–Crippen LogP) is 1.21. The van der Waals surface area contributed by atoms with Crippen LogP contribution in [0.2, 0.25) is 0 Å². The zero-order valence-corrected chi connectivity index (χ0v) is 10.1. The number of ether oxygens (including phenoxy) is 1. The number of hydrogen-bond acceptors (Lipinski definition) is 3. The second-order valence-electron chi connectivity index (χ2n) is 4.72. The molecule has 0 amide bonds. The van der Waals surface area contributed by atoms with Gasteiger partial charge in [-0.05, 0) is 18.3 Å². The van der Waals surface area contributed by atoms with E-state index in [1.807, 2.05) is 27.7 Å². The highest BCUT2D eigenvalue weighted by atomic mass is 16.5. The number of nitrogens with two attached hydrogens (primary N) is 1. The third-order valence-corrected chi connectivity index (χ3v) is 2.24. The molecule has 0 aromatic heterocycles. The molecule has 0 aliphatic rings. The van der Waals surface area contributed by atoms with Crippen LogP contribution in [0.3, 0.4) is 0 Å². The highest BCUT2D eigenvalue weighted by Gasteiger charge is 2.18. The lowest BCUT2D eigenvalue weighted by molar-refractivity contribution is -0.146. The molecule has 0 spiro atoms. The second kappa shape index (κ2) is 6.80. The topological polar surface area (TPSA) is 76.1 Å². The van der Waals surface area contributed by atoms with Crippen molar-refractivity contribution in [3.63, 3.8) is 0 Å². The van der Waals surface area contributed by atoms with Gasteiger partial charge in [0.05, 0.1) is 6.04 Å². The number of carbonyl (C=O) groups is 1. The molecule has 0 saturated heterocycles.